The molecule has 0 heterocycles. The minimum atomic E-state index is 0.152. The molecule has 0 radical (unpaired) electrons. The second kappa shape index (κ2) is 4.73. The SMILES string of the molecule is CC1CCC(N(C(=O)CCl)C2CC2)CC1. The van der Waals surface area contributed by atoms with Crippen LogP contribution in [-0.2, 0) is 4.79 Å². The van der Waals surface area contributed by atoms with Crippen LogP contribution >= 0.6 is 11.6 Å². The first-order valence-corrected chi connectivity index (χ1v) is 6.63. The minimum Gasteiger partial charge on any atom is -0.336 e. The lowest BCUT2D eigenvalue weighted by atomic mass is 9.86. The zero-order valence-electron chi connectivity index (χ0n) is 9.42. The maximum atomic E-state index is 11.8. The molecule has 1 amide bonds. The minimum absolute atomic E-state index is 0.152. The topological polar surface area (TPSA) is 20.3 Å². The van der Waals surface area contributed by atoms with Crippen LogP contribution in [0.25, 0.3) is 0 Å². The van der Waals surface area contributed by atoms with E-state index in [0.29, 0.717) is 12.1 Å². The Bertz CT molecular complexity index is 232. The number of halogens is 1. The van der Waals surface area contributed by atoms with Gasteiger partial charge in [0.2, 0.25) is 5.91 Å². The fourth-order valence-electron chi connectivity index (χ4n) is 2.65. The summed E-state index contributed by atoms with van der Waals surface area (Å²) in [5.74, 6) is 1.15. The molecular weight excluding hydrogens is 210 g/mol. The van der Waals surface area contributed by atoms with Crippen LogP contribution in [0.1, 0.15) is 45.4 Å². The second-order valence-electron chi connectivity index (χ2n) is 5.08. The van der Waals surface area contributed by atoms with E-state index in [0.717, 1.165) is 5.92 Å². The monoisotopic (exact) mass is 229 g/mol. The largest absolute Gasteiger partial charge is 0.336 e. The third kappa shape index (κ3) is 2.66. The molecular formula is C12H20ClNO. The van der Waals surface area contributed by atoms with Crippen LogP contribution in [-0.4, -0.2) is 28.8 Å². The fourth-order valence-corrected chi connectivity index (χ4v) is 2.79. The van der Waals surface area contributed by atoms with Crippen LogP contribution in [0.2, 0.25) is 0 Å². The second-order valence-corrected chi connectivity index (χ2v) is 5.35. The van der Waals surface area contributed by atoms with E-state index in [9.17, 15) is 4.79 Å². The Labute approximate surface area is 97.0 Å². The average Bonchev–Trinajstić information content (AvgIpc) is 3.05. The van der Waals surface area contributed by atoms with E-state index in [1.54, 1.807) is 0 Å². The van der Waals surface area contributed by atoms with Crippen LogP contribution < -0.4 is 0 Å². The van der Waals surface area contributed by atoms with E-state index in [1.807, 2.05) is 0 Å². The number of amides is 1. The first-order chi connectivity index (χ1) is 7.22. The molecule has 2 saturated carbocycles. The Morgan fingerprint density at radius 1 is 1.13 bits per heavy atom. The van der Waals surface area contributed by atoms with E-state index < -0.39 is 0 Å². The highest BCUT2D eigenvalue weighted by Crippen LogP contribution is 2.35. The molecule has 0 atom stereocenters. The maximum Gasteiger partial charge on any atom is 0.237 e. The van der Waals surface area contributed by atoms with Gasteiger partial charge in [-0.05, 0) is 44.4 Å². The van der Waals surface area contributed by atoms with E-state index in [-0.39, 0.29) is 11.8 Å². The highest BCUT2D eigenvalue weighted by molar-refractivity contribution is 6.27. The first-order valence-electron chi connectivity index (χ1n) is 6.09. The molecule has 0 unspecified atom stereocenters. The smallest absolute Gasteiger partial charge is 0.237 e. The van der Waals surface area contributed by atoms with Gasteiger partial charge in [0.05, 0.1) is 0 Å². The molecule has 0 aromatic heterocycles. The van der Waals surface area contributed by atoms with Crippen molar-refractivity contribution in [1.29, 1.82) is 0 Å². The Kier molecular flexibility index (Phi) is 3.55. The zero-order valence-corrected chi connectivity index (χ0v) is 10.2. The van der Waals surface area contributed by atoms with Crippen molar-refractivity contribution in [2.75, 3.05) is 5.88 Å². The molecule has 0 bridgehead atoms. The van der Waals surface area contributed by atoms with Gasteiger partial charge in [-0.2, -0.15) is 0 Å². The van der Waals surface area contributed by atoms with Gasteiger partial charge in [0.25, 0.3) is 0 Å². The van der Waals surface area contributed by atoms with Crippen LogP contribution in [0.15, 0.2) is 0 Å². The number of nitrogens with zero attached hydrogens (tertiary/aromatic N) is 1. The fraction of sp³-hybridized carbons (Fsp3) is 0.917. The van der Waals surface area contributed by atoms with Crippen molar-refractivity contribution >= 4 is 17.5 Å². The molecule has 0 N–H and O–H groups in total. The van der Waals surface area contributed by atoms with Crippen LogP contribution in [0.4, 0.5) is 0 Å². The Hall–Kier alpha value is -0.240. The summed E-state index contributed by atoms with van der Waals surface area (Å²) >= 11 is 5.68. The van der Waals surface area contributed by atoms with Crippen molar-refractivity contribution in [3.05, 3.63) is 0 Å². The lowest BCUT2D eigenvalue weighted by Gasteiger charge is -2.36. The van der Waals surface area contributed by atoms with Gasteiger partial charge in [0.1, 0.15) is 5.88 Å². The summed E-state index contributed by atoms with van der Waals surface area (Å²) in [7, 11) is 0. The van der Waals surface area contributed by atoms with Gasteiger partial charge in [0.15, 0.2) is 0 Å². The van der Waals surface area contributed by atoms with Crippen molar-refractivity contribution < 1.29 is 4.79 Å². The van der Waals surface area contributed by atoms with Crippen molar-refractivity contribution in [3.8, 4) is 0 Å². The van der Waals surface area contributed by atoms with Crippen LogP contribution in [0.5, 0.6) is 0 Å². The van der Waals surface area contributed by atoms with Gasteiger partial charge in [-0.25, -0.2) is 0 Å². The summed E-state index contributed by atoms with van der Waals surface area (Å²) in [4.78, 5) is 13.9. The molecule has 2 rings (SSSR count). The van der Waals surface area contributed by atoms with Crippen molar-refractivity contribution in [1.82, 2.24) is 4.90 Å². The number of rotatable bonds is 3. The molecule has 0 saturated heterocycles. The zero-order chi connectivity index (χ0) is 10.8. The summed E-state index contributed by atoms with van der Waals surface area (Å²) in [6.45, 7) is 2.31. The Balaban J connectivity index is 1.95. The van der Waals surface area contributed by atoms with Gasteiger partial charge in [0, 0.05) is 12.1 Å². The molecule has 2 aliphatic rings. The standard InChI is InChI=1S/C12H20ClNO/c1-9-2-4-10(5-3-9)14(11-6-7-11)12(15)8-13/h9-11H,2-8H2,1H3. The lowest BCUT2D eigenvalue weighted by molar-refractivity contribution is -0.132. The van der Waals surface area contributed by atoms with E-state index >= 15 is 0 Å². The van der Waals surface area contributed by atoms with Crippen LogP contribution in [0.3, 0.4) is 0 Å². The third-order valence-corrected chi connectivity index (χ3v) is 3.95. The normalized spacial score (nSPS) is 31.3. The van der Waals surface area contributed by atoms with Crippen molar-refractivity contribution in [3.63, 3.8) is 0 Å². The summed E-state index contributed by atoms with van der Waals surface area (Å²) in [6, 6.07) is 1.01. The molecule has 2 nitrogen and oxygen atoms in total. The number of hydrogen-bond acceptors (Lipinski definition) is 1. The molecule has 2 aliphatic carbocycles. The third-order valence-electron chi connectivity index (χ3n) is 3.72. The summed E-state index contributed by atoms with van der Waals surface area (Å²) in [5.41, 5.74) is 0. The molecule has 15 heavy (non-hydrogen) atoms. The molecule has 0 aromatic carbocycles. The molecule has 0 aliphatic heterocycles. The van der Waals surface area contributed by atoms with E-state index in [1.165, 1.54) is 38.5 Å². The number of carbonyl (C=O) groups excluding carboxylic acids is 1. The quantitative estimate of drug-likeness (QED) is 0.682. The molecule has 86 valence electrons. The first kappa shape index (κ1) is 11.3. The van der Waals surface area contributed by atoms with Gasteiger partial charge in [-0.15, -0.1) is 11.6 Å². The molecule has 3 heteroatoms. The van der Waals surface area contributed by atoms with Gasteiger partial charge >= 0.3 is 0 Å². The molecule has 0 aromatic rings. The van der Waals surface area contributed by atoms with Crippen LogP contribution in [0, 0.1) is 5.92 Å². The Morgan fingerprint density at radius 3 is 2.00 bits per heavy atom. The summed E-state index contributed by atoms with van der Waals surface area (Å²) in [6.07, 6.45) is 7.27. The number of alkyl halides is 1. The summed E-state index contributed by atoms with van der Waals surface area (Å²) < 4.78 is 0. The van der Waals surface area contributed by atoms with Crippen molar-refractivity contribution in [2.45, 2.75) is 57.5 Å². The molecule has 0 spiro atoms. The predicted molar refractivity (Wildman–Crippen MR) is 62.0 cm³/mol. The van der Waals surface area contributed by atoms with Gasteiger partial charge in [-0.1, -0.05) is 6.92 Å². The van der Waals surface area contributed by atoms with Gasteiger partial charge < -0.3 is 4.90 Å². The molecule has 2 fully saturated rings. The Morgan fingerprint density at radius 2 is 1.60 bits per heavy atom. The van der Waals surface area contributed by atoms with Gasteiger partial charge in [-0.3, -0.25) is 4.79 Å². The van der Waals surface area contributed by atoms with E-state index in [4.69, 9.17) is 11.6 Å². The van der Waals surface area contributed by atoms with E-state index in [2.05, 4.69) is 11.8 Å². The number of hydrogen-bond donors (Lipinski definition) is 0. The predicted octanol–water partition coefficient (Wildman–Crippen LogP) is 2.79. The number of carbonyl (C=O) groups is 1. The maximum absolute atomic E-state index is 11.8. The summed E-state index contributed by atoms with van der Waals surface area (Å²) in [5, 5.41) is 0. The average molecular weight is 230 g/mol. The highest BCUT2D eigenvalue weighted by Gasteiger charge is 2.37. The van der Waals surface area contributed by atoms with Crippen molar-refractivity contribution in [2.24, 2.45) is 5.92 Å². The highest BCUT2D eigenvalue weighted by atomic mass is 35.5. The lowest BCUT2D eigenvalue weighted by Crippen LogP contribution is -2.44.